The van der Waals surface area contributed by atoms with Gasteiger partial charge < -0.3 is 5.32 Å². The fourth-order valence-electron chi connectivity index (χ4n) is 1.47. The van der Waals surface area contributed by atoms with Crippen LogP contribution in [0.2, 0.25) is 0 Å². The fourth-order valence-corrected chi connectivity index (χ4v) is 2.03. The van der Waals surface area contributed by atoms with Crippen LogP contribution in [0.15, 0.2) is 41.8 Å². The zero-order valence-corrected chi connectivity index (χ0v) is 10.3. The molecule has 0 aliphatic carbocycles. The molecular weight excluding hydrogens is 202 g/mol. The molecule has 0 amide bonds. The molecule has 0 fully saturated rings. The summed E-state index contributed by atoms with van der Waals surface area (Å²) in [4.78, 5) is 1.31. The van der Waals surface area contributed by atoms with Gasteiger partial charge in [-0.2, -0.15) is 0 Å². The van der Waals surface area contributed by atoms with E-state index in [1.807, 2.05) is 6.08 Å². The van der Waals surface area contributed by atoms with Gasteiger partial charge in [-0.3, -0.25) is 0 Å². The summed E-state index contributed by atoms with van der Waals surface area (Å²) in [5, 5.41) is 3.53. The molecule has 0 aliphatic heterocycles. The molecule has 1 aromatic carbocycles. The van der Waals surface area contributed by atoms with Crippen molar-refractivity contribution in [1.82, 2.24) is 0 Å². The second-order valence-corrected chi connectivity index (χ2v) is 4.46. The lowest BCUT2D eigenvalue weighted by Crippen LogP contribution is -2.14. The number of hydrogen-bond acceptors (Lipinski definition) is 2. The van der Waals surface area contributed by atoms with Crippen LogP contribution in [0.1, 0.15) is 19.8 Å². The van der Waals surface area contributed by atoms with Crippen LogP contribution < -0.4 is 5.32 Å². The third-order valence-corrected chi connectivity index (χ3v) is 3.11. The molecule has 0 saturated heterocycles. The zero-order chi connectivity index (χ0) is 11.1. The number of benzene rings is 1. The average molecular weight is 221 g/mol. The van der Waals surface area contributed by atoms with Crippen LogP contribution in [0.5, 0.6) is 0 Å². The molecule has 1 unspecified atom stereocenters. The first-order valence-electron chi connectivity index (χ1n) is 5.28. The van der Waals surface area contributed by atoms with Crippen molar-refractivity contribution in [2.24, 2.45) is 0 Å². The van der Waals surface area contributed by atoms with Gasteiger partial charge in [0.05, 0.1) is 0 Å². The van der Waals surface area contributed by atoms with Crippen LogP contribution in [0.3, 0.4) is 0 Å². The Hall–Kier alpha value is -0.890. The van der Waals surface area contributed by atoms with E-state index in [-0.39, 0.29) is 0 Å². The van der Waals surface area contributed by atoms with Gasteiger partial charge in [0.15, 0.2) is 0 Å². The number of rotatable bonds is 6. The third-order valence-electron chi connectivity index (χ3n) is 2.31. The van der Waals surface area contributed by atoms with Gasteiger partial charge in [-0.15, -0.1) is 18.3 Å². The maximum absolute atomic E-state index is 3.74. The van der Waals surface area contributed by atoms with E-state index in [1.54, 1.807) is 11.8 Å². The normalized spacial score (nSPS) is 12.1. The van der Waals surface area contributed by atoms with Crippen molar-refractivity contribution in [3.8, 4) is 0 Å². The maximum Gasteiger partial charge on any atom is 0.0480 e. The first-order chi connectivity index (χ1) is 7.27. The van der Waals surface area contributed by atoms with Crippen LogP contribution in [-0.2, 0) is 0 Å². The van der Waals surface area contributed by atoms with Crippen molar-refractivity contribution in [2.75, 3.05) is 11.6 Å². The van der Waals surface area contributed by atoms with Crippen molar-refractivity contribution in [2.45, 2.75) is 30.7 Å². The highest BCUT2D eigenvalue weighted by Crippen LogP contribution is 2.25. The fraction of sp³-hybridized carbons (Fsp3) is 0.385. The largest absolute Gasteiger partial charge is 0.382 e. The Bertz CT molecular complexity index is 309. The van der Waals surface area contributed by atoms with E-state index >= 15 is 0 Å². The second-order valence-electron chi connectivity index (χ2n) is 3.61. The molecule has 0 heterocycles. The maximum atomic E-state index is 3.74. The van der Waals surface area contributed by atoms with Crippen molar-refractivity contribution >= 4 is 17.4 Å². The Morgan fingerprint density at radius 2 is 2.20 bits per heavy atom. The van der Waals surface area contributed by atoms with E-state index in [1.165, 1.54) is 10.6 Å². The topological polar surface area (TPSA) is 12.0 Å². The zero-order valence-electron chi connectivity index (χ0n) is 9.49. The molecule has 0 bridgehead atoms. The van der Waals surface area contributed by atoms with Gasteiger partial charge >= 0.3 is 0 Å². The van der Waals surface area contributed by atoms with Gasteiger partial charge in [-0.05, 0) is 38.2 Å². The highest BCUT2D eigenvalue weighted by molar-refractivity contribution is 7.98. The van der Waals surface area contributed by atoms with Crippen LogP contribution >= 0.6 is 11.8 Å². The van der Waals surface area contributed by atoms with Gasteiger partial charge in [0.2, 0.25) is 0 Å². The van der Waals surface area contributed by atoms with E-state index in [2.05, 4.69) is 49.3 Å². The first kappa shape index (κ1) is 12.2. The summed E-state index contributed by atoms with van der Waals surface area (Å²) in [5.41, 5.74) is 1.24. The number of nitrogens with one attached hydrogen (secondary N) is 1. The molecule has 2 heteroatoms. The van der Waals surface area contributed by atoms with E-state index in [4.69, 9.17) is 0 Å². The molecule has 1 nitrogen and oxygen atoms in total. The second kappa shape index (κ2) is 6.57. The first-order valence-corrected chi connectivity index (χ1v) is 6.51. The van der Waals surface area contributed by atoms with Gasteiger partial charge in [-0.25, -0.2) is 0 Å². The van der Waals surface area contributed by atoms with Crippen molar-refractivity contribution in [1.29, 1.82) is 0 Å². The number of para-hydroxylation sites is 1. The summed E-state index contributed by atoms with van der Waals surface area (Å²) in [6, 6.07) is 8.92. The Balaban J connectivity index is 2.58. The van der Waals surface area contributed by atoms with E-state index in [0.29, 0.717) is 6.04 Å². The molecule has 82 valence electrons. The molecule has 0 aliphatic rings. The molecule has 0 saturated carbocycles. The number of thioether (sulfide) groups is 1. The van der Waals surface area contributed by atoms with Crippen LogP contribution in [0.4, 0.5) is 5.69 Å². The van der Waals surface area contributed by atoms with Gasteiger partial charge in [-0.1, -0.05) is 18.2 Å². The standard InChI is InChI=1S/C13H19NS/c1-4-5-8-11(2)14-12-9-6-7-10-13(12)15-3/h4,6-7,9-11,14H,1,5,8H2,2-3H3. The Morgan fingerprint density at radius 1 is 1.47 bits per heavy atom. The van der Waals surface area contributed by atoms with E-state index in [0.717, 1.165) is 12.8 Å². The molecule has 1 atom stereocenters. The van der Waals surface area contributed by atoms with Crippen LogP contribution in [0.25, 0.3) is 0 Å². The highest BCUT2D eigenvalue weighted by Gasteiger charge is 2.04. The SMILES string of the molecule is C=CCCC(C)Nc1ccccc1SC. The number of allylic oxidation sites excluding steroid dienone is 1. The Kier molecular flexibility index (Phi) is 5.33. The van der Waals surface area contributed by atoms with Crippen molar-refractivity contribution < 1.29 is 0 Å². The summed E-state index contributed by atoms with van der Waals surface area (Å²) in [6.07, 6.45) is 6.27. The van der Waals surface area contributed by atoms with Gasteiger partial charge in [0.1, 0.15) is 0 Å². The van der Waals surface area contributed by atoms with Crippen LogP contribution in [-0.4, -0.2) is 12.3 Å². The third kappa shape index (κ3) is 4.00. The average Bonchev–Trinajstić information content (AvgIpc) is 2.27. The Morgan fingerprint density at radius 3 is 2.87 bits per heavy atom. The van der Waals surface area contributed by atoms with Crippen molar-refractivity contribution in [3.05, 3.63) is 36.9 Å². The number of anilines is 1. The van der Waals surface area contributed by atoms with E-state index in [9.17, 15) is 0 Å². The smallest absolute Gasteiger partial charge is 0.0480 e. The molecule has 0 aromatic heterocycles. The molecule has 1 rings (SSSR count). The molecule has 1 aromatic rings. The molecule has 15 heavy (non-hydrogen) atoms. The molecule has 0 radical (unpaired) electrons. The lowest BCUT2D eigenvalue weighted by molar-refractivity contribution is 0.717. The minimum absolute atomic E-state index is 0.497. The van der Waals surface area contributed by atoms with Gasteiger partial charge in [0, 0.05) is 16.6 Å². The minimum Gasteiger partial charge on any atom is -0.382 e. The van der Waals surface area contributed by atoms with Crippen molar-refractivity contribution in [3.63, 3.8) is 0 Å². The predicted molar refractivity (Wildman–Crippen MR) is 70.7 cm³/mol. The Labute approximate surface area is 97.0 Å². The summed E-state index contributed by atoms with van der Waals surface area (Å²) < 4.78 is 0. The van der Waals surface area contributed by atoms with E-state index < -0.39 is 0 Å². The summed E-state index contributed by atoms with van der Waals surface area (Å²) in [7, 11) is 0. The van der Waals surface area contributed by atoms with Gasteiger partial charge in [0.25, 0.3) is 0 Å². The molecule has 0 spiro atoms. The highest BCUT2D eigenvalue weighted by atomic mass is 32.2. The number of hydrogen-bond donors (Lipinski definition) is 1. The quantitative estimate of drug-likeness (QED) is 0.571. The lowest BCUT2D eigenvalue weighted by atomic mass is 10.1. The summed E-state index contributed by atoms with van der Waals surface area (Å²) in [5.74, 6) is 0. The summed E-state index contributed by atoms with van der Waals surface area (Å²) >= 11 is 1.78. The predicted octanol–water partition coefficient (Wildman–Crippen LogP) is 4.18. The molecule has 1 N–H and O–H groups in total. The monoisotopic (exact) mass is 221 g/mol. The lowest BCUT2D eigenvalue weighted by Gasteiger charge is -2.16. The minimum atomic E-state index is 0.497. The van der Waals surface area contributed by atoms with Crippen LogP contribution in [0, 0.1) is 0 Å². The summed E-state index contributed by atoms with van der Waals surface area (Å²) in [6.45, 7) is 5.95. The molecular formula is C13H19NS.